The Morgan fingerprint density at radius 3 is 2.20 bits per heavy atom. The second kappa shape index (κ2) is 5.39. The number of carboxylic acids is 1. The van der Waals surface area contributed by atoms with Gasteiger partial charge in [0.2, 0.25) is 5.91 Å². The molecule has 1 saturated heterocycles. The zero-order valence-corrected chi connectivity index (χ0v) is 9.92. The van der Waals surface area contributed by atoms with Crippen LogP contribution in [0.2, 0.25) is 0 Å². The minimum Gasteiger partial charge on any atom is -0.481 e. The highest BCUT2D eigenvalue weighted by Crippen LogP contribution is 2.17. The van der Waals surface area contributed by atoms with Gasteiger partial charge in [-0.1, -0.05) is 13.8 Å². The number of hydrogen-bond acceptors (Lipinski definition) is 3. The van der Waals surface area contributed by atoms with E-state index < -0.39 is 17.8 Å². The van der Waals surface area contributed by atoms with E-state index in [1.807, 2.05) is 11.8 Å². The van der Waals surface area contributed by atoms with Crippen LogP contribution < -0.4 is 0 Å². The van der Waals surface area contributed by atoms with E-state index in [2.05, 4.69) is 0 Å². The second-order valence-corrected chi connectivity index (χ2v) is 5.08. The van der Waals surface area contributed by atoms with Crippen molar-refractivity contribution < 1.29 is 14.7 Å². The summed E-state index contributed by atoms with van der Waals surface area (Å²) in [5.74, 6) is -0.0371. The van der Waals surface area contributed by atoms with Gasteiger partial charge in [-0.2, -0.15) is 11.8 Å². The summed E-state index contributed by atoms with van der Waals surface area (Å²) in [5.41, 5.74) is 0. The molecule has 1 aliphatic rings. The molecule has 15 heavy (non-hydrogen) atoms. The average Bonchev–Trinajstić information content (AvgIpc) is 2.27. The smallest absolute Gasteiger partial charge is 0.307 e. The molecule has 0 aromatic carbocycles. The number of amides is 1. The van der Waals surface area contributed by atoms with Crippen LogP contribution in [-0.4, -0.2) is 46.5 Å². The topological polar surface area (TPSA) is 57.6 Å². The summed E-state index contributed by atoms with van der Waals surface area (Å²) < 4.78 is 0. The van der Waals surface area contributed by atoms with E-state index in [1.54, 1.807) is 18.7 Å². The van der Waals surface area contributed by atoms with Crippen LogP contribution in [0.3, 0.4) is 0 Å². The van der Waals surface area contributed by atoms with Gasteiger partial charge in [0.25, 0.3) is 0 Å². The third-order valence-corrected chi connectivity index (χ3v) is 3.79. The van der Waals surface area contributed by atoms with Crippen LogP contribution in [0.25, 0.3) is 0 Å². The number of carbonyl (C=O) groups is 2. The molecule has 0 aliphatic carbocycles. The maximum Gasteiger partial charge on any atom is 0.307 e. The summed E-state index contributed by atoms with van der Waals surface area (Å²) >= 11 is 1.83. The summed E-state index contributed by atoms with van der Waals surface area (Å²) in [6.45, 7) is 4.78. The molecule has 4 nitrogen and oxygen atoms in total. The standard InChI is InChI=1S/C10H17NO3S/c1-7(8(2)10(13)14)9(12)11-3-5-15-6-4-11/h7-8H,3-6H2,1-2H3,(H,13,14). The average molecular weight is 231 g/mol. The molecule has 0 bridgehead atoms. The van der Waals surface area contributed by atoms with Crippen LogP contribution in [0, 0.1) is 11.8 Å². The number of hydrogen-bond donors (Lipinski definition) is 1. The third-order valence-electron chi connectivity index (χ3n) is 2.85. The molecular formula is C10H17NO3S. The van der Waals surface area contributed by atoms with Gasteiger partial charge in [0.05, 0.1) is 5.92 Å². The lowest BCUT2D eigenvalue weighted by Crippen LogP contribution is -2.43. The highest BCUT2D eigenvalue weighted by molar-refractivity contribution is 7.99. The maximum atomic E-state index is 11.9. The lowest BCUT2D eigenvalue weighted by Gasteiger charge is -2.30. The molecule has 1 fully saturated rings. The van der Waals surface area contributed by atoms with Gasteiger partial charge in [0.1, 0.15) is 0 Å². The van der Waals surface area contributed by atoms with Crippen molar-refractivity contribution in [2.24, 2.45) is 11.8 Å². The number of aliphatic carboxylic acids is 1. The third kappa shape index (κ3) is 3.12. The van der Waals surface area contributed by atoms with E-state index in [4.69, 9.17) is 5.11 Å². The molecule has 86 valence electrons. The summed E-state index contributed by atoms with van der Waals surface area (Å²) in [4.78, 5) is 24.4. The molecule has 0 aromatic heterocycles. The summed E-state index contributed by atoms with van der Waals surface area (Å²) in [7, 11) is 0. The van der Waals surface area contributed by atoms with Gasteiger partial charge >= 0.3 is 5.97 Å². The Hall–Kier alpha value is -0.710. The molecule has 1 N–H and O–H groups in total. The van der Waals surface area contributed by atoms with Gasteiger partial charge in [0, 0.05) is 30.5 Å². The number of carbonyl (C=O) groups excluding carboxylic acids is 1. The van der Waals surface area contributed by atoms with E-state index in [0.29, 0.717) is 0 Å². The van der Waals surface area contributed by atoms with Crippen LogP contribution in [0.4, 0.5) is 0 Å². The van der Waals surface area contributed by atoms with E-state index in [9.17, 15) is 9.59 Å². The molecule has 1 rings (SSSR count). The molecular weight excluding hydrogens is 214 g/mol. The Morgan fingerprint density at radius 1 is 1.20 bits per heavy atom. The first-order valence-electron chi connectivity index (χ1n) is 5.13. The van der Waals surface area contributed by atoms with E-state index in [1.165, 1.54) is 0 Å². The first kappa shape index (κ1) is 12.4. The summed E-state index contributed by atoms with van der Waals surface area (Å²) in [6.07, 6.45) is 0. The highest BCUT2D eigenvalue weighted by Gasteiger charge is 2.29. The van der Waals surface area contributed by atoms with Crippen molar-refractivity contribution in [3.63, 3.8) is 0 Å². The van der Waals surface area contributed by atoms with E-state index >= 15 is 0 Å². The largest absolute Gasteiger partial charge is 0.481 e. The molecule has 2 unspecified atom stereocenters. The fourth-order valence-electron chi connectivity index (χ4n) is 1.50. The quantitative estimate of drug-likeness (QED) is 0.784. The predicted molar refractivity (Wildman–Crippen MR) is 59.9 cm³/mol. The van der Waals surface area contributed by atoms with Crippen molar-refractivity contribution in [1.82, 2.24) is 4.90 Å². The van der Waals surface area contributed by atoms with Crippen LogP contribution in [-0.2, 0) is 9.59 Å². The van der Waals surface area contributed by atoms with Gasteiger partial charge in [-0.15, -0.1) is 0 Å². The Bertz CT molecular complexity index is 251. The van der Waals surface area contributed by atoms with Crippen molar-refractivity contribution in [1.29, 1.82) is 0 Å². The molecule has 0 spiro atoms. The molecule has 0 saturated carbocycles. The number of rotatable bonds is 3. The lowest BCUT2D eigenvalue weighted by atomic mass is 9.95. The molecule has 0 aromatic rings. The number of thioether (sulfide) groups is 1. The Kier molecular flexibility index (Phi) is 4.45. The van der Waals surface area contributed by atoms with Crippen LogP contribution in [0.1, 0.15) is 13.8 Å². The zero-order valence-electron chi connectivity index (χ0n) is 9.10. The van der Waals surface area contributed by atoms with Gasteiger partial charge in [-0.3, -0.25) is 9.59 Å². The number of nitrogens with zero attached hydrogens (tertiary/aromatic N) is 1. The van der Waals surface area contributed by atoms with Gasteiger partial charge < -0.3 is 10.0 Å². The Labute approximate surface area is 94.0 Å². The van der Waals surface area contributed by atoms with Crippen molar-refractivity contribution in [3.8, 4) is 0 Å². The fraction of sp³-hybridized carbons (Fsp3) is 0.800. The molecule has 1 aliphatic heterocycles. The minimum atomic E-state index is -0.901. The van der Waals surface area contributed by atoms with Crippen LogP contribution in [0.5, 0.6) is 0 Å². The van der Waals surface area contributed by atoms with Crippen molar-refractivity contribution in [3.05, 3.63) is 0 Å². The summed E-state index contributed by atoms with van der Waals surface area (Å²) in [5, 5.41) is 8.82. The summed E-state index contributed by atoms with van der Waals surface area (Å²) in [6, 6.07) is 0. The van der Waals surface area contributed by atoms with Crippen LogP contribution >= 0.6 is 11.8 Å². The van der Waals surface area contributed by atoms with Crippen molar-refractivity contribution >= 4 is 23.6 Å². The maximum absolute atomic E-state index is 11.9. The van der Waals surface area contributed by atoms with Gasteiger partial charge in [-0.05, 0) is 0 Å². The molecule has 1 amide bonds. The minimum absolute atomic E-state index is 0.0230. The predicted octanol–water partition coefficient (Wildman–Crippen LogP) is 0.919. The van der Waals surface area contributed by atoms with E-state index in [0.717, 1.165) is 24.6 Å². The SMILES string of the molecule is CC(C(=O)O)C(C)C(=O)N1CCSCC1. The van der Waals surface area contributed by atoms with E-state index in [-0.39, 0.29) is 5.91 Å². The first-order valence-corrected chi connectivity index (χ1v) is 6.29. The molecule has 5 heteroatoms. The zero-order chi connectivity index (χ0) is 11.4. The van der Waals surface area contributed by atoms with Crippen LogP contribution in [0.15, 0.2) is 0 Å². The molecule has 0 radical (unpaired) electrons. The number of carboxylic acid groups (broad SMARTS) is 1. The highest BCUT2D eigenvalue weighted by atomic mass is 32.2. The second-order valence-electron chi connectivity index (χ2n) is 3.85. The Balaban J connectivity index is 2.54. The Morgan fingerprint density at radius 2 is 1.73 bits per heavy atom. The molecule has 2 atom stereocenters. The van der Waals surface area contributed by atoms with Crippen molar-refractivity contribution in [2.75, 3.05) is 24.6 Å². The molecule has 1 heterocycles. The fourth-order valence-corrected chi connectivity index (χ4v) is 2.40. The normalized spacial score (nSPS) is 20.8. The first-order chi connectivity index (χ1) is 7.04. The van der Waals surface area contributed by atoms with Gasteiger partial charge in [-0.25, -0.2) is 0 Å². The van der Waals surface area contributed by atoms with Gasteiger partial charge in [0.15, 0.2) is 0 Å². The van der Waals surface area contributed by atoms with Crippen molar-refractivity contribution in [2.45, 2.75) is 13.8 Å². The lowest BCUT2D eigenvalue weighted by molar-refractivity contribution is -0.149. The monoisotopic (exact) mass is 231 g/mol.